The van der Waals surface area contributed by atoms with Crippen LogP contribution in [0.3, 0.4) is 0 Å². The van der Waals surface area contributed by atoms with Crippen molar-refractivity contribution in [3.63, 3.8) is 0 Å². The van der Waals surface area contributed by atoms with Gasteiger partial charge in [-0.1, -0.05) is 12.8 Å². The number of aromatic nitrogens is 1. The first-order valence-corrected chi connectivity index (χ1v) is 8.17. The number of nitrogens with two attached hydrogens (primary N) is 1. The zero-order chi connectivity index (χ0) is 13.3. The Labute approximate surface area is 116 Å². The highest BCUT2D eigenvalue weighted by molar-refractivity contribution is 7.85. The molecular weight excluding hydrogens is 260 g/mol. The fraction of sp³-hybridized carbons (Fsp3) is 0.643. The monoisotopic (exact) mass is 280 g/mol. The van der Waals surface area contributed by atoms with Crippen molar-refractivity contribution in [1.82, 2.24) is 4.98 Å². The molecule has 1 aliphatic carbocycles. The molecule has 1 aromatic rings. The Hall–Kier alpha value is -0.940. The molecule has 1 aliphatic heterocycles. The second-order valence-corrected chi connectivity index (χ2v) is 7.20. The molecule has 1 spiro atoms. The van der Waals surface area contributed by atoms with Crippen LogP contribution in [0.25, 0.3) is 0 Å². The molecule has 3 rings (SSSR count). The van der Waals surface area contributed by atoms with Gasteiger partial charge >= 0.3 is 0 Å². The lowest BCUT2D eigenvalue weighted by Gasteiger charge is -2.37. The van der Waals surface area contributed by atoms with Crippen molar-refractivity contribution in [3.8, 4) is 0 Å². The minimum absolute atomic E-state index is 0.0118. The minimum Gasteiger partial charge on any atom is -0.396 e. The Morgan fingerprint density at radius 1 is 1.42 bits per heavy atom. The number of ether oxygens (including phenoxy) is 1. The molecule has 0 amide bonds. The maximum atomic E-state index is 12.7. The van der Waals surface area contributed by atoms with Gasteiger partial charge in [-0.05, 0) is 37.8 Å². The summed E-state index contributed by atoms with van der Waals surface area (Å²) in [4.78, 5) is 4.20. The minimum atomic E-state index is -1.12. The van der Waals surface area contributed by atoms with E-state index in [0.717, 1.165) is 25.7 Å². The highest BCUT2D eigenvalue weighted by atomic mass is 32.2. The molecule has 1 saturated heterocycles. The number of rotatable bonds is 2. The predicted octanol–water partition coefficient (Wildman–Crippen LogP) is 2.26. The molecule has 5 heteroatoms. The zero-order valence-corrected chi connectivity index (χ0v) is 11.8. The van der Waals surface area contributed by atoms with Crippen molar-refractivity contribution < 1.29 is 8.95 Å². The van der Waals surface area contributed by atoms with Crippen LogP contribution in [0.1, 0.15) is 38.5 Å². The molecular formula is C14H20N2O2S. The second kappa shape index (κ2) is 5.21. The van der Waals surface area contributed by atoms with Gasteiger partial charge in [0.25, 0.3) is 0 Å². The van der Waals surface area contributed by atoms with Gasteiger partial charge in [-0.15, -0.1) is 0 Å². The lowest BCUT2D eigenvalue weighted by molar-refractivity contribution is -0.0708. The van der Waals surface area contributed by atoms with Gasteiger partial charge in [0, 0.05) is 18.1 Å². The normalized spacial score (nSPS) is 27.5. The van der Waals surface area contributed by atoms with Crippen LogP contribution in [0, 0.1) is 0 Å². The Morgan fingerprint density at radius 2 is 2.21 bits per heavy atom. The third-order valence-corrected chi connectivity index (χ3v) is 5.99. The molecule has 2 atom stereocenters. The van der Waals surface area contributed by atoms with Gasteiger partial charge in [-0.2, -0.15) is 0 Å². The second-order valence-electron chi connectivity index (χ2n) is 5.55. The Balaban J connectivity index is 1.78. The summed E-state index contributed by atoms with van der Waals surface area (Å²) >= 11 is 0. The van der Waals surface area contributed by atoms with Crippen molar-refractivity contribution in [2.75, 3.05) is 12.3 Å². The Morgan fingerprint density at radius 3 is 2.95 bits per heavy atom. The summed E-state index contributed by atoms with van der Waals surface area (Å²) in [5.74, 6) is 0. The molecule has 19 heavy (non-hydrogen) atoms. The molecule has 1 aromatic heterocycles. The van der Waals surface area contributed by atoms with E-state index < -0.39 is 10.8 Å². The number of hydrogen-bond donors (Lipinski definition) is 1. The maximum absolute atomic E-state index is 12.7. The maximum Gasteiger partial charge on any atom is 0.150 e. The third-order valence-electron chi connectivity index (χ3n) is 4.26. The van der Waals surface area contributed by atoms with E-state index in [1.807, 2.05) is 0 Å². The molecule has 2 fully saturated rings. The van der Waals surface area contributed by atoms with Crippen molar-refractivity contribution in [2.45, 2.75) is 54.4 Å². The van der Waals surface area contributed by atoms with Crippen molar-refractivity contribution in [1.29, 1.82) is 0 Å². The first-order valence-electron chi connectivity index (χ1n) is 6.95. The van der Waals surface area contributed by atoms with Crippen molar-refractivity contribution in [2.24, 2.45) is 0 Å². The summed E-state index contributed by atoms with van der Waals surface area (Å²) in [6.07, 6.45) is 8.06. The summed E-state index contributed by atoms with van der Waals surface area (Å²) in [6, 6.07) is 3.55. The lowest BCUT2D eigenvalue weighted by atomic mass is 9.92. The first kappa shape index (κ1) is 13.1. The van der Waals surface area contributed by atoms with E-state index >= 15 is 0 Å². The van der Waals surface area contributed by atoms with Gasteiger partial charge in [0.15, 0.2) is 0 Å². The Bertz CT molecular complexity index is 486. The van der Waals surface area contributed by atoms with Crippen LogP contribution < -0.4 is 5.73 Å². The molecule has 2 heterocycles. The van der Waals surface area contributed by atoms with Crippen LogP contribution in [-0.4, -0.2) is 26.7 Å². The van der Waals surface area contributed by atoms with Crippen molar-refractivity contribution >= 4 is 16.5 Å². The van der Waals surface area contributed by atoms with Crippen LogP contribution in [0.15, 0.2) is 23.4 Å². The number of nitrogen functional groups attached to an aromatic ring is 1. The molecule has 0 radical (unpaired) electrons. The van der Waals surface area contributed by atoms with E-state index in [-0.39, 0.29) is 10.9 Å². The van der Waals surface area contributed by atoms with E-state index in [2.05, 4.69) is 4.98 Å². The standard InChI is InChI=1S/C14H20N2O2S/c15-12-4-3-8-16-13(12)19(17)11-5-9-18-14(10-11)6-1-2-7-14/h3-4,8,11H,1-2,5-7,9-10,15H2. The van der Waals surface area contributed by atoms with Gasteiger partial charge in [0.05, 0.1) is 22.1 Å². The average molecular weight is 280 g/mol. The van der Waals surface area contributed by atoms with Crippen LogP contribution >= 0.6 is 0 Å². The van der Waals surface area contributed by atoms with E-state index in [0.29, 0.717) is 17.3 Å². The summed E-state index contributed by atoms with van der Waals surface area (Å²) in [5.41, 5.74) is 6.41. The van der Waals surface area contributed by atoms with Gasteiger partial charge in [0.1, 0.15) is 5.03 Å². The van der Waals surface area contributed by atoms with Gasteiger partial charge in [-0.25, -0.2) is 4.98 Å². The topological polar surface area (TPSA) is 65.2 Å². The number of nitrogens with zero attached hydrogens (tertiary/aromatic N) is 1. The SMILES string of the molecule is Nc1cccnc1S(=O)C1CCOC2(CCCC2)C1. The first-order chi connectivity index (χ1) is 9.20. The smallest absolute Gasteiger partial charge is 0.150 e. The molecule has 0 bridgehead atoms. The third kappa shape index (κ3) is 2.54. The highest BCUT2D eigenvalue weighted by Crippen LogP contribution is 2.41. The summed E-state index contributed by atoms with van der Waals surface area (Å²) < 4.78 is 18.7. The summed E-state index contributed by atoms with van der Waals surface area (Å²) in [5, 5.41) is 0.673. The average Bonchev–Trinajstić information content (AvgIpc) is 2.86. The van der Waals surface area contributed by atoms with Crippen LogP contribution in [0.4, 0.5) is 5.69 Å². The fourth-order valence-corrected chi connectivity index (χ4v) is 4.81. The molecule has 0 aromatic carbocycles. The Kier molecular flexibility index (Phi) is 3.58. The largest absolute Gasteiger partial charge is 0.396 e. The summed E-state index contributed by atoms with van der Waals surface area (Å²) in [6.45, 7) is 0.711. The van der Waals surface area contributed by atoms with E-state index in [4.69, 9.17) is 10.5 Å². The molecule has 4 nitrogen and oxygen atoms in total. The molecule has 104 valence electrons. The van der Waals surface area contributed by atoms with E-state index in [9.17, 15) is 4.21 Å². The molecule has 2 aliphatic rings. The van der Waals surface area contributed by atoms with Gasteiger partial charge in [0.2, 0.25) is 0 Å². The van der Waals surface area contributed by atoms with E-state index in [1.165, 1.54) is 12.8 Å². The number of pyridine rings is 1. The highest BCUT2D eigenvalue weighted by Gasteiger charge is 2.42. The van der Waals surface area contributed by atoms with Crippen molar-refractivity contribution in [3.05, 3.63) is 18.3 Å². The van der Waals surface area contributed by atoms with Crippen LogP contribution in [0.5, 0.6) is 0 Å². The predicted molar refractivity (Wildman–Crippen MR) is 75.2 cm³/mol. The summed E-state index contributed by atoms with van der Waals surface area (Å²) in [7, 11) is -1.12. The molecule has 2 N–H and O–H groups in total. The zero-order valence-electron chi connectivity index (χ0n) is 11.0. The lowest BCUT2D eigenvalue weighted by Crippen LogP contribution is -2.41. The number of hydrogen-bond acceptors (Lipinski definition) is 4. The van der Waals surface area contributed by atoms with Gasteiger partial charge in [-0.3, -0.25) is 4.21 Å². The van der Waals surface area contributed by atoms with Crippen LogP contribution in [0.2, 0.25) is 0 Å². The number of anilines is 1. The fourth-order valence-electron chi connectivity index (χ4n) is 3.26. The molecule has 1 saturated carbocycles. The van der Waals surface area contributed by atoms with Gasteiger partial charge < -0.3 is 10.5 Å². The van der Waals surface area contributed by atoms with Crippen LogP contribution in [-0.2, 0) is 15.5 Å². The van der Waals surface area contributed by atoms with E-state index in [1.54, 1.807) is 18.3 Å². The quantitative estimate of drug-likeness (QED) is 0.902. The molecule has 2 unspecified atom stereocenters.